The van der Waals surface area contributed by atoms with E-state index >= 15 is 0 Å². The van der Waals surface area contributed by atoms with Crippen molar-refractivity contribution in [2.45, 2.75) is 19.8 Å². The summed E-state index contributed by atoms with van der Waals surface area (Å²) < 4.78 is 5.42. The number of hydrogen-bond acceptors (Lipinski definition) is 8. The molecule has 1 aliphatic heterocycles. The third-order valence-corrected chi connectivity index (χ3v) is 2.99. The Hall–Kier alpha value is -1.67. The summed E-state index contributed by atoms with van der Waals surface area (Å²) in [6, 6.07) is 0.271. The molecule has 1 fully saturated rings. The van der Waals surface area contributed by atoms with Crippen molar-refractivity contribution in [3.63, 3.8) is 0 Å². The van der Waals surface area contributed by atoms with Crippen LogP contribution in [-0.4, -0.2) is 46.4 Å². The highest BCUT2D eigenvalue weighted by Crippen LogP contribution is 2.22. The Morgan fingerprint density at radius 1 is 1.47 bits per heavy atom. The number of hydrazine groups is 1. The van der Waals surface area contributed by atoms with E-state index in [4.69, 9.17) is 15.7 Å². The molecule has 0 radical (unpaired) electrons. The van der Waals surface area contributed by atoms with E-state index in [0.29, 0.717) is 12.6 Å². The molecule has 2 heterocycles. The van der Waals surface area contributed by atoms with Gasteiger partial charge in [-0.2, -0.15) is 15.0 Å². The van der Waals surface area contributed by atoms with E-state index in [1.165, 1.54) is 0 Å². The van der Waals surface area contributed by atoms with Gasteiger partial charge in [0.15, 0.2) is 0 Å². The van der Waals surface area contributed by atoms with Crippen LogP contribution in [0.3, 0.4) is 0 Å². The van der Waals surface area contributed by atoms with Gasteiger partial charge in [0.2, 0.25) is 11.9 Å². The van der Waals surface area contributed by atoms with Gasteiger partial charge in [-0.05, 0) is 12.8 Å². The lowest BCUT2D eigenvalue weighted by Gasteiger charge is -2.17. The molecule has 0 amide bonds. The SMILES string of the molecule is CCCOc1nc(NN)nc(N2CCC(CO)C2)n1. The topological polar surface area (TPSA) is 109 Å². The fourth-order valence-electron chi connectivity index (χ4n) is 1.97. The Balaban J connectivity index is 2.14. The summed E-state index contributed by atoms with van der Waals surface area (Å²) >= 11 is 0. The summed E-state index contributed by atoms with van der Waals surface area (Å²) in [6.45, 7) is 4.29. The molecule has 1 aromatic rings. The molecule has 4 N–H and O–H groups in total. The average Bonchev–Trinajstić information content (AvgIpc) is 2.93. The Kier molecular flexibility index (Phi) is 4.69. The number of ether oxygens (including phenoxy) is 1. The number of rotatable bonds is 6. The first-order valence-corrected chi connectivity index (χ1v) is 6.48. The van der Waals surface area contributed by atoms with Gasteiger partial charge in [-0.3, -0.25) is 5.43 Å². The third-order valence-electron chi connectivity index (χ3n) is 2.99. The van der Waals surface area contributed by atoms with Gasteiger partial charge in [-0.1, -0.05) is 6.92 Å². The number of nitrogens with one attached hydrogen (secondary N) is 1. The highest BCUT2D eigenvalue weighted by Gasteiger charge is 2.24. The van der Waals surface area contributed by atoms with Gasteiger partial charge in [-0.15, -0.1) is 0 Å². The van der Waals surface area contributed by atoms with Crippen molar-refractivity contribution in [3.05, 3.63) is 0 Å². The van der Waals surface area contributed by atoms with Crippen LogP contribution < -0.4 is 20.9 Å². The van der Waals surface area contributed by atoms with Gasteiger partial charge in [-0.25, -0.2) is 5.84 Å². The number of nitrogens with zero attached hydrogens (tertiary/aromatic N) is 4. The summed E-state index contributed by atoms with van der Waals surface area (Å²) in [5.41, 5.74) is 2.41. The van der Waals surface area contributed by atoms with E-state index < -0.39 is 0 Å². The van der Waals surface area contributed by atoms with Crippen LogP contribution in [0.5, 0.6) is 6.01 Å². The maximum absolute atomic E-state index is 9.17. The van der Waals surface area contributed by atoms with Crippen molar-refractivity contribution < 1.29 is 9.84 Å². The normalized spacial score (nSPS) is 18.7. The molecule has 1 aromatic heterocycles. The number of anilines is 2. The summed E-state index contributed by atoms with van der Waals surface area (Å²) in [7, 11) is 0. The smallest absolute Gasteiger partial charge is 0.323 e. The number of nitrogen functional groups attached to an aromatic ring is 1. The first-order valence-electron chi connectivity index (χ1n) is 6.48. The van der Waals surface area contributed by atoms with Gasteiger partial charge >= 0.3 is 6.01 Å². The van der Waals surface area contributed by atoms with Crippen molar-refractivity contribution >= 4 is 11.9 Å². The Morgan fingerprint density at radius 3 is 2.95 bits per heavy atom. The number of nitrogens with two attached hydrogens (primary N) is 1. The van der Waals surface area contributed by atoms with Gasteiger partial charge in [0.1, 0.15) is 0 Å². The van der Waals surface area contributed by atoms with Gasteiger partial charge in [0.05, 0.1) is 6.61 Å². The minimum Gasteiger partial charge on any atom is -0.463 e. The lowest BCUT2D eigenvalue weighted by atomic mass is 10.1. The predicted octanol–water partition coefficient (Wildman–Crippen LogP) is -0.235. The zero-order chi connectivity index (χ0) is 13.7. The molecule has 1 aliphatic rings. The standard InChI is InChI=1S/C11H20N6O2/c1-2-5-19-11-14-9(16-12)13-10(15-11)17-4-3-8(6-17)7-18/h8,18H,2-7,12H2,1H3,(H,13,14,15,16). The fraction of sp³-hybridized carbons (Fsp3) is 0.727. The molecule has 1 unspecified atom stereocenters. The van der Waals surface area contributed by atoms with Crippen molar-refractivity contribution in [3.8, 4) is 6.01 Å². The second-order valence-corrected chi connectivity index (χ2v) is 4.52. The van der Waals surface area contributed by atoms with Crippen LogP contribution in [0.1, 0.15) is 19.8 Å². The molecule has 0 bridgehead atoms. The first kappa shape index (κ1) is 13.8. The largest absolute Gasteiger partial charge is 0.463 e. The summed E-state index contributed by atoms with van der Waals surface area (Å²) in [5, 5.41) is 9.17. The molecule has 2 rings (SSSR count). The molecule has 0 spiro atoms. The Bertz CT molecular complexity index is 416. The van der Waals surface area contributed by atoms with Crippen LogP contribution in [0.4, 0.5) is 11.9 Å². The van der Waals surface area contributed by atoms with E-state index in [1.54, 1.807) is 0 Å². The number of aliphatic hydroxyl groups excluding tert-OH is 1. The number of aliphatic hydroxyl groups is 1. The van der Waals surface area contributed by atoms with Crippen molar-refractivity contribution in [2.75, 3.05) is 36.6 Å². The van der Waals surface area contributed by atoms with E-state index in [9.17, 15) is 0 Å². The first-order chi connectivity index (χ1) is 9.26. The molecular weight excluding hydrogens is 248 g/mol. The van der Waals surface area contributed by atoms with E-state index in [-0.39, 0.29) is 24.5 Å². The zero-order valence-corrected chi connectivity index (χ0v) is 11.0. The maximum atomic E-state index is 9.17. The molecule has 0 aromatic carbocycles. The van der Waals surface area contributed by atoms with Crippen molar-refractivity contribution in [1.82, 2.24) is 15.0 Å². The zero-order valence-electron chi connectivity index (χ0n) is 11.0. The van der Waals surface area contributed by atoms with Gasteiger partial charge < -0.3 is 14.7 Å². The van der Waals surface area contributed by atoms with E-state index in [1.807, 2.05) is 11.8 Å². The molecule has 0 saturated carbocycles. The quantitative estimate of drug-likeness (QED) is 0.479. The highest BCUT2D eigenvalue weighted by molar-refractivity contribution is 5.38. The third kappa shape index (κ3) is 3.42. The highest BCUT2D eigenvalue weighted by atomic mass is 16.5. The molecule has 8 heteroatoms. The maximum Gasteiger partial charge on any atom is 0.323 e. The van der Waals surface area contributed by atoms with E-state index in [2.05, 4.69) is 20.4 Å². The van der Waals surface area contributed by atoms with E-state index in [0.717, 1.165) is 25.9 Å². The Labute approximate surface area is 112 Å². The molecule has 0 aliphatic carbocycles. The van der Waals surface area contributed by atoms with Crippen LogP contribution in [0.15, 0.2) is 0 Å². The summed E-state index contributed by atoms with van der Waals surface area (Å²) in [4.78, 5) is 14.5. The molecule has 1 saturated heterocycles. The second kappa shape index (κ2) is 6.48. The number of aromatic nitrogens is 3. The second-order valence-electron chi connectivity index (χ2n) is 4.52. The van der Waals surface area contributed by atoms with Crippen LogP contribution in [0.25, 0.3) is 0 Å². The lowest BCUT2D eigenvalue weighted by molar-refractivity contribution is 0.238. The fourth-order valence-corrected chi connectivity index (χ4v) is 1.97. The molecule has 8 nitrogen and oxygen atoms in total. The molecular formula is C11H20N6O2. The van der Waals surface area contributed by atoms with Gasteiger partial charge in [0, 0.05) is 25.6 Å². The predicted molar refractivity (Wildman–Crippen MR) is 70.8 cm³/mol. The van der Waals surface area contributed by atoms with Crippen LogP contribution in [0.2, 0.25) is 0 Å². The lowest BCUT2D eigenvalue weighted by Crippen LogP contribution is -2.24. The molecule has 1 atom stereocenters. The Morgan fingerprint density at radius 2 is 2.32 bits per heavy atom. The molecule has 19 heavy (non-hydrogen) atoms. The minimum atomic E-state index is 0.183. The summed E-state index contributed by atoms with van der Waals surface area (Å²) in [6.07, 6.45) is 1.81. The molecule has 106 valence electrons. The van der Waals surface area contributed by atoms with Crippen LogP contribution >= 0.6 is 0 Å². The van der Waals surface area contributed by atoms with Gasteiger partial charge in [0.25, 0.3) is 0 Å². The average molecular weight is 268 g/mol. The van der Waals surface area contributed by atoms with Crippen LogP contribution in [0, 0.1) is 5.92 Å². The number of hydrogen-bond donors (Lipinski definition) is 3. The van der Waals surface area contributed by atoms with Crippen LogP contribution in [-0.2, 0) is 0 Å². The summed E-state index contributed by atoms with van der Waals surface area (Å²) in [5.74, 6) is 6.43. The monoisotopic (exact) mass is 268 g/mol. The van der Waals surface area contributed by atoms with Crippen molar-refractivity contribution in [2.24, 2.45) is 11.8 Å². The minimum absolute atomic E-state index is 0.183. The van der Waals surface area contributed by atoms with Crippen molar-refractivity contribution in [1.29, 1.82) is 0 Å².